The SMILES string of the molecule is CC(C)(C)OC(=O)NC1CCCN(C(=O)c2ccc(-c3cc(-c4ccnc(C(C)(C)C)c4)cs3)c(Cl)c2)C1.CC(C)(C)c1cc(-c2csc(-c3ccc(C(=O)N4CCCC(N)C4)cc3Cl)c2)ccn1. The van der Waals surface area contributed by atoms with Crippen LogP contribution in [0, 0.1) is 0 Å². The van der Waals surface area contributed by atoms with E-state index in [1.807, 2.05) is 74.5 Å². The first kappa shape index (κ1) is 51.7. The lowest BCUT2D eigenvalue weighted by molar-refractivity contribution is 0.0452. The van der Waals surface area contributed by atoms with Gasteiger partial charge in [0.1, 0.15) is 5.60 Å². The summed E-state index contributed by atoms with van der Waals surface area (Å²) in [6.07, 6.45) is 6.80. The first-order valence-corrected chi connectivity index (χ1v) is 26.1. The van der Waals surface area contributed by atoms with E-state index in [0.29, 0.717) is 40.8 Å². The van der Waals surface area contributed by atoms with Crippen molar-refractivity contribution in [2.75, 3.05) is 26.2 Å². The maximum atomic E-state index is 13.3. The van der Waals surface area contributed by atoms with E-state index in [2.05, 4.69) is 91.9 Å². The summed E-state index contributed by atoms with van der Waals surface area (Å²) in [7, 11) is 0. The van der Waals surface area contributed by atoms with Crippen molar-refractivity contribution in [3.8, 4) is 43.1 Å². The largest absolute Gasteiger partial charge is 0.444 e. The van der Waals surface area contributed by atoms with Gasteiger partial charge in [-0.25, -0.2) is 4.79 Å². The molecule has 4 aromatic heterocycles. The Kier molecular flexibility index (Phi) is 16.1. The summed E-state index contributed by atoms with van der Waals surface area (Å²) >= 11 is 16.6. The minimum absolute atomic E-state index is 0.00118. The second kappa shape index (κ2) is 21.5. The average Bonchev–Trinajstić information content (AvgIpc) is 3.99. The Hall–Kier alpha value is -5.11. The molecule has 6 aromatic rings. The van der Waals surface area contributed by atoms with E-state index >= 15 is 0 Å². The number of aromatic nitrogens is 2. The predicted molar refractivity (Wildman–Crippen MR) is 285 cm³/mol. The number of nitrogens with zero attached hydrogens (tertiary/aromatic N) is 4. The number of likely N-dealkylation sites (tertiary alicyclic amines) is 2. The number of hydrogen-bond acceptors (Lipinski definition) is 9. The second-order valence-corrected chi connectivity index (χ2v) is 23.7. The van der Waals surface area contributed by atoms with Crippen molar-refractivity contribution in [1.29, 1.82) is 0 Å². The number of pyridine rings is 2. The van der Waals surface area contributed by atoms with Gasteiger partial charge in [0.2, 0.25) is 0 Å². The van der Waals surface area contributed by atoms with Crippen molar-refractivity contribution in [2.45, 2.75) is 117 Å². The van der Waals surface area contributed by atoms with Crippen molar-refractivity contribution in [1.82, 2.24) is 25.1 Å². The number of benzene rings is 2. The molecule has 6 heterocycles. The average molecular weight is 1010 g/mol. The van der Waals surface area contributed by atoms with Gasteiger partial charge in [-0.15, -0.1) is 22.7 Å². The summed E-state index contributed by atoms with van der Waals surface area (Å²) in [6, 6.07) is 23.6. The van der Waals surface area contributed by atoms with Gasteiger partial charge in [0.25, 0.3) is 11.8 Å². The second-order valence-electron chi connectivity index (χ2n) is 21.0. The molecule has 3 amide bonds. The number of nitrogens with two attached hydrogens (primary N) is 1. The fourth-order valence-corrected chi connectivity index (χ4v) is 10.9. The third-order valence-electron chi connectivity index (χ3n) is 12.1. The fraction of sp³-hybridized carbons (Fsp3) is 0.400. The highest BCUT2D eigenvalue weighted by atomic mass is 35.5. The van der Waals surface area contributed by atoms with E-state index in [-0.39, 0.29) is 34.7 Å². The van der Waals surface area contributed by atoms with Crippen LogP contribution in [0.1, 0.15) is 120 Å². The smallest absolute Gasteiger partial charge is 0.407 e. The number of piperidine rings is 2. The summed E-state index contributed by atoms with van der Waals surface area (Å²) < 4.78 is 5.37. The minimum Gasteiger partial charge on any atom is -0.444 e. The van der Waals surface area contributed by atoms with Gasteiger partial charge in [-0.1, -0.05) is 76.9 Å². The molecule has 0 spiro atoms. The third-order valence-corrected chi connectivity index (χ3v) is 14.6. The van der Waals surface area contributed by atoms with Crippen LogP contribution in [-0.4, -0.2) is 81.5 Å². The number of nitrogens with one attached hydrogen (secondary N) is 1. The van der Waals surface area contributed by atoms with Crippen LogP contribution in [0.15, 0.2) is 96.0 Å². The van der Waals surface area contributed by atoms with Crippen LogP contribution in [0.5, 0.6) is 0 Å². The summed E-state index contributed by atoms with van der Waals surface area (Å²) in [5, 5.41) is 8.29. The number of ether oxygens (including phenoxy) is 1. The number of thiophene rings is 2. The van der Waals surface area contributed by atoms with Gasteiger partial charge in [0.15, 0.2) is 0 Å². The Labute approximate surface area is 425 Å². The van der Waals surface area contributed by atoms with Gasteiger partial charge in [-0.05, 0) is 140 Å². The van der Waals surface area contributed by atoms with Gasteiger partial charge in [0.05, 0.1) is 10.0 Å². The Morgan fingerprint density at radius 1 is 0.638 bits per heavy atom. The van der Waals surface area contributed by atoms with Crippen LogP contribution in [0.3, 0.4) is 0 Å². The van der Waals surface area contributed by atoms with Gasteiger partial charge < -0.3 is 25.6 Å². The molecule has 14 heteroatoms. The topological polar surface area (TPSA) is 131 Å². The first-order valence-electron chi connectivity index (χ1n) is 23.6. The molecule has 0 radical (unpaired) electrons. The van der Waals surface area contributed by atoms with Crippen LogP contribution < -0.4 is 11.1 Å². The summed E-state index contributed by atoms with van der Waals surface area (Å²) in [5.41, 5.74) is 15.1. The fourth-order valence-electron chi connectivity index (χ4n) is 8.31. The van der Waals surface area contributed by atoms with E-state index < -0.39 is 11.7 Å². The molecular weight excluding hydrogens is 944 g/mol. The summed E-state index contributed by atoms with van der Waals surface area (Å²) in [4.78, 5) is 53.1. The van der Waals surface area contributed by atoms with Gasteiger partial charge in [-0.3, -0.25) is 19.6 Å². The maximum absolute atomic E-state index is 13.3. The lowest BCUT2D eigenvalue weighted by atomic mass is 9.90. The van der Waals surface area contributed by atoms with E-state index in [1.165, 1.54) is 0 Å². The van der Waals surface area contributed by atoms with Crippen LogP contribution >= 0.6 is 45.9 Å². The molecular formula is C55H64Cl2N6O4S2. The number of rotatable bonds is 7. The van der Waals surface area contributed by atoms with E-state index in [4.69, 9.17) is 33.7 Å². The Balaban J connectivity index is 0.000000208. The molecule has 69 heavy (non-hydrogen) atoms. The highest BCUT2D eigenvalue weighted by molar-refractivity contribution is 7.14. The molecule has 2 fully saturated rings. The zero-order valence-electron chi connectivity index (χ0n) is 41.1. The van der Waals surface area contributed by atoms with Gasteiger partial charge in [-0.2, -0.15) is 0 Å². The predicted octanol–water partition coefficient (Wildman–Crippen LogP) is 13.5. The van der Waals surface area contributed by atoms with Crippen molar-refractivity contribution in [2.24, 2.45) is 5.73 Å². The molecule has 0 aliphatic carbocycles. The molecule has 2 aliphatic rings. The zero-order chi connectivity index (χ0) is 49.8. The third kappa shape index (κ3) is 13.4. The molecule has 8 rings (SSSR count). The van der Waals surface area contributed by atoms with E-state index in [0.717, 1.165) is 86.8 Å². The van der Waals surface area contributed by atoms with Gasteiger partial charge >= 0.3 is 6.09 Å². The number of carbonyl (C=O) groups is 3. The number of carbonyl (C=O) groups excluding carboxylic acids is 3. The molecule has 3 N–H and O–H groups in total. The standard InChI is InChI=1S/C30H36ClN3O3S.C25H28ClN3OS/c1-29(2,3)26-16-19(11-12-32-26)21-15-25(38-18-21)23-10-9-20(14-24(23)31)27(35)34-13-7-8-22(17-34)33-28(36)37-30(4,5)6;1-25(2,3)23-13-16(8-9-28-23)18-12-22(31-15-18)20-7-6-17(11-21(20)26)24(30)29-10-4-5-19(27)14-29/h9-12,14-16,18,22H,7-8,13,17H2,1-6H3,(H,33,36);6-9,11-13,15,19H,4-5,10,14,27H2,1-3H3. The Morgan fingerprint density at radius 3 is 1.54 bits per heavy atom. The molecule has 2 aromatic carbocycles. The summed E-state index contributed by atoms with van der Waals surface area (Å²) in [5.74, 6) is -0.0885. The van der Waals surface area contributed by atoms with Crippen molar-refractivity contribution >= 4 is 63.8 Å². The quantitative estimate of drug-likeness (QED) is 0.163. The van der Waals surface area contributed by atoms with Gasteiger partial charge in [0, 0.05) is 105 Å². The zero-order valence-corrected chi connectivity index (χ0v) is 44.3. The normalized spacial score (nSPS) is 16.6. The van der Waals surface area contributed by atoms with Crippen molar-refractivity contribution < 1.29 is 19.1 Å². The molecule has 2 saturated heterocycles. The maximum Gasteiger partial charge on any atom is 0.407 e. The minimum atomic E-state index is -0.566. The van der Waals surface area contributed by atoms with E-state index in [1.54, 1.807) is 39.7 Å². The highest BCUT2D eigenvalue weighted by Gasteiger charge is 2.28. The van der Waals surface area contributed by atoms with Crippen LogP contribution in [0.25, 0.3) is 43.1 Å². The number of hydrogen-bond donors (Lipinski definition) is 2. The Bertz CT molecular complexity index is 2800. The van der Waals surface area contributed by atoms with E-state index in [9.17, 15) is 14.4 Å². The Morgan fingerprint density at radius 2 is 1.10 bits per heavy atom. The number of amides is 3. The van der Waals surface area contributed by atoms with Crippen molar-refractivity contribution in [3.05, 3.63) is 129 Å². The first-order chi connectivity index (χ1) is 32.5. The van der Waals surface area contributed by atoms with Crippen molar-refractivity contribution in [3.63, 3.8) is 0 Å². The lowest BCUT2D eigenvalue weighted by Gasteiger charge is -2.33. The molecule has 0 saturated carbocycles. The monoisotopic (exact) mass is 1010 g/mol. The summed E-state index contributed by atoms with van der Waals surface area (Å²) in [6.45, 7) is 20.9. The molecule has 2 atom stereocenters. The molecule has 2 unspecified atom stereocenters. The highest BCUT2D eigenvalue weighted by Crippen LogP contribution is 2.39. The number of alkyl carbamates (subject to hydrolysis) is 1. The number of halogens is 2. The lowest BCUT2D eigenvalue weighted by Crippen LogP contribution is -2.50. The molecule has 2 aliphatic heterocycles. The van der Waals surface area contributed by atoms with Crippen LogP contribution in [-0.2, 0) is 15.6 Å². The van der Waals surface area contributed by atoms with Crippen LogP contribution in [0.4, 0.5) is 4.79 Å². The molecule has 364 valence electrons. The molecule has 0 bridgehead atoms. The molecule has 10 nitrogen and oxygen atoms in total. The van der Waals surface area contributed by atoms with Crippen LogP contribution in [0.2, 0.25) is 10.0 Å².